The summed E-state index contributed by atoms with van der Waals surface area (Å²) >= 11 is 0. The number of halogens is 3. The Hall–Kier alpha value is -1.76. The van der Waals surface area contributed by atoms with E-state index >= 15 is 0 Å². The molecule has 23 heavy (non-hydrogen) atoms. The molecule has 0 aromatic heterocycles. The lowest BCUT2D eigenvalue weighted by molar-refractivity contribution is -0.137. The van der Waals surface area contributed by atoms with E-state index in [4.69, 9.17) is 0 Å². The first-order valence-corrected chi connectivity index (χ1v) is 7.52. The van der Waals surface area contributed by atoms with Crippen molar-refractivity contribution in [2.45, 2.75) is 26.1 Å². The average molecular weight is 330 g/mol. The van der Waals surface area contributed by atoms with Gasteiger partial charge in [-0.25, -0.2) is 4.79 Å². The van der Waals surface area contributed by atoms with Crippen LogP contribution in [0.1, 0.15) is 29.8 Å². The lowest BCUT2D eigenvalue weighted by Crippen LogP contribution is -2.49. The molecule has 0 unspecified atom stereocenters. The van der Waals surface area contributed by atoms with Gasteiger partial charge in [-0.1, -0.05) is 0 Å². The zero-order valence-electron chi connectivity index (χ0n) is 13.5. The fourth-order valence-electron chi connectivity index (χ4n) is 2.76. The molecular weight excluding hydrogens is 309 g/mol. The molecular formula is C16H21F3N2O2. The SMILES string of the molecule is COC(=O)c1ccc(N2CCN(C(C)C)CC2)c(C(F)(F)F)c1. The first-order valence-electron chi connectivity index (χ1n) is 7.52. The molecule has 1 fully saturated rings. The highest BCUT2D eigenvalue weighted by Gasteiger charge is 2.36. The van der Waals surface area contributed by atoms with E-state index in [1.165, 1.54) is 12.1 Å². The summed E-state index contributed by atoms with van der Waals surface area (Å²) in [4.78, 5) is 15.4. The minimum absolute atomic E-state index is 0.0932. The Bertz CT molecular complexity index is 565. The molecule has 2 rings (SSSR count). The van der Waals surface area contributed by atoms with E-state index < -0.39 is 17.7 Å². The third-order valence-electron chi connectivity index (χ3n) is 4.11. The second-order valence-electron chi connectivity index (χ2n) is 5.84. The lowest BCUT2D eigenvalue weighted by atomic mass is 10.1. The van der Waals surface area contributed by atoms with Crippen LogP contribution in [0.5, 0.6) is 0 Å². The van der Waals surface area contributed by atoms with Gasteiger partial charge in [0.2, 0.25) is 0 Å². The molecule has 4 nitrogen and oxygen atoms in total. The van der Waals surface area contributed by atoms with E-state index in [-0.39, 0.29) is 11.3 Å². The average Bonchev–Trinajstić information content (AvgIpc) is 2.52. The highest BCUT2D eigenvalue weighted by atomic mass is 19.4. The normalized spacial score (nSPS) is 16.7. The van der Waals surface area contributed by atoms with Gasteiger partial charge in [0.1, 0.15) is 0 Å². The number of anilines is 1. The Kier molecular flexibility index (Phi) is 5.19. The molecule has 1 aliphatic rings. The molecule has 0 bridgehead atoms. The van der Waals surface area contributed by atoms with Gasteiger partial charge in [-0.15, -0.1) is 0 Å². The van der Waals surface area contributed by atoms with Crippen LogP contribution < -0.4 is 4.90 Å². The number of methoxy groups -OCH3 is 1. The number of rotatable bonds is 3. The molecule has 1 aliphatic heterocycles. The summed E-state index contributed by atoms with van der Waals surface area (Å²) in [5.41, 5.74) is -0.767. The van der Waals surface area contributed by atoms with Crippen LogP contribution in [0.3, 0.4) is 0 Å². The molecule has 0 aliphatic carbocycles. The topological polar surface area (TPSA) is 32.8 Å². The maximum absolute atomic E-state index is 13.4. The van der Waals surface area contributed by atoms with Crippen molar-refractivity contribution in [2.75, 3.05) is 38.2 Å². The number of nitrogens with zero attached hydrogens (tertiary/aromatic N) is 2. The zero-order valence-corrected chi connectivity index (χ0v) is 13.5. The lowest BCUT2D eigenvalue weighted by Gasteiger charge is -2.39. The van der Waals surface area contributed by atoms with Gasteiger partial charge in [-0.05, 0) is 32.0 Å². The van der Waals surface area contributed by atoms with Crippen molar-refractivity contribution < 1.29 is 22.7 Å². The molecule has 0 radical (unpaired) electrons. The quantitative estimate of drug-likeness (QED) is 0.798. The number of benzene rings is 1. The van der Waals surface area contributed by atoms with Crippen molar-refractivity contribution in [3.63, 3.8) is 0 Å². The van der Waals surface area contributed by atoms with Crippen molar-refractivity contribution >= 4 is 11.7 Å². The maximum atomic E-state index is 13.4. The fraction of sp³-hybridized carbons (Fsp3) is 0.562. The van der Waals surface area contributed by atoms with Gasteiger partial charge in [0.15, 0.2) is 0 Å². The number of carbonyl (C=O) groups is 1. The molecule has 128 valence electrons. The van der Waals surface area contributed by atoms with Gasteiger partial charge in [0.25, 0.3) is 0 Å². The summed E-state index contributed by atoms with van der Waals surface area (Å²) in [6, 6.07) is 3.99. The number of esters is 1. The van der Waals surface area contributed by atoms with Crippen molar-refractivity contribution in [2.24, 2.45) is 0 Å². The van der Waals surface area contributed by atoms with Crippen LogP contribution in [0.25, 0.3) is 0 Å². The van der Waals surface area contributed by atoms with Crippen molar-refractivity contribution in [1.82, 2.24) is 4.90 Å². The van der Waals surface area contributed by atoms with Gasteiger partial charge in [-0.2, -0.15) is 13.2 Å². The number of carbonyl (C=O) groups excluding carboxylic acids is 1. The molecule has 1 aromatic rings. The van der Waals surface area contributed by atoms with Gasteiger partial charge in [0.05, 0.1) is 18.2 Å². The zero-order chi connectivity index (χ0) is 17.2. The third kappa shape index (κ3) is 3.96. The van der Waals surface area contributed by atoms with E-state index in [0.717, 1.165) is 13.2 Å². The van der Waals surface area contributed by atoms with Crippen LogP contribution in [-0.2, 0) is 10.9 Å². The standard InChI is InChI=1S/C16H21F3N2O2/c1-11(2)20-6-8-21(9-7-20)14-5-4-12(15(22)23-3)10-13(14)16(17,18)19/h4-5,10-11H,6-9H2,1-3H3. The Morgan fingerprint density at radius 2 is 1.78 bits per heavy atom. The molecule has 0 N–H and O–H groups in total. The van der Waals surface area contributed by atoms with Crippen LogP contribution in [-0.4, -0.2) is 50.2 Å². The predicted octanol–water partition coefficient (Wildman–Crippen LogP) is 3.02. The van der Waals surface area contributed by atoms with E-state index in [0.29, 0.717) is 32.2 Å². The van der Waals surface area contributed by atoms with E-state index in [1.54, 1.807) is 4.90 Å². The van der Waals surface area contributed by atoms with Crippen LogP contribution in [0, 0.1) is 0 Å². The van der Waals surface area contributed by atoms with Crippen molar-refractivity contribution in [3.8, 4) is 0 Å². The Balaban J connectivity index is 2.30. The number of hydrogen-bond acceptors (Lipinski definition) is 4. The summed E-state index contributed by atoms with van der Waals surface area (Å²) in [6.07, 6.45) is -4.52. The predicted molar refractivity (Wildman–Crippen MR) is 81.7 cm³/mol. The molecule has 1 aromatic carbocycles. The number of ether oxygens (including phenoxy) is 1. The minimum Gasteiger partial charge on any atom is -0.465 e. The van der Waals surface area contributed by atoms with Crippen LogP contribution in [0.15, 0.2) is 18.2 Å². The van der Waals surface area contributed by atoms with E-state index in [2.05, 4.69) is 23.5 Å². The summed E-state index contributed by atoms with van der Waals surface area (Å²) in [6.45, 7) is 6.63. The number of hydrogen-bond donors (Lipinski definition) is 0. The van der Waals surface area contributed by atoms with Gasteiger partial charge >= 0.3 is 12.1 Å². The van der Waals surface area contributed by atoms with Gasteiger partial charge in [-0.3, -0.25) is 4.90 Å². The third-order valence-corrected chi connectivity index (χ3v) is 4.11. The summed E-state index contributed by atoms with van der Waals surface area (Å²) in [5, 5.41) is 0. The minimum atomic E-state index is -4.52. The molecule has 0 atom stereocenters. The Labute approximate surface area is 133 Å². The van der Waals surface area contributed by atoms with Crippen molar-refractivity contribution in [3.05, 3.63) is 29.3 Å². The fourth-order valence-corrected chi connectivity index (χ4v) is 2.76. The molecule has 1 saturated heterocycles. The summed E-state index contributed by atoms with van der Waals surface area (Å²) in [7, 11) is 1.15. The molecule has 0 amide bonds. The second-order valence-corrected chi connectivity index (χ2v) is 5.84. The van der Waals surface area contributed by atoms with Crippen LogP contribution >= 0.6 is 0 Å². The molecule has 0 saturated carbocycles. The van der Waals surface area contributed by atoms with Gasteiger partial charge in [0, 0.05) is 37.9 Å². The first kappa shape index (κ1) is 17.6. The smallest absolute Gasteiger partial charge is 0.418 e. The molecule has 0 spiro atoms. The monoisotopic (exact) mass is 330 g/mol. The van der Waals surface area contributed by atoms with E-state index in [9.17, 15) is 18.0 Å². The highest BCUT2D eigenvalue weighted by molar-refractivity contribution is 5.90. The number of piperazine rings is 1. The molecule has 1 heterocycles. The largest absolute Gasteiger partial charge is 0.465 e. The van der Waals surface area contributed by atoms with Crippen LogP contribution in [0.2, 0.25) is 0 Å². The van der Waals surface area contributed by atoms with Crippen molar-refractivity contribution in [1.29, 1.82) is 0 Å². The Morgan fingerprint density at radius 1 is 1.17 bits per heavy atom. The Morgan fingerprint density at radius 3 is 2.26 bits per heavy atom. The number of alkyl halides is 3. The van der Waals surface area contributed by atoms with E-state index in [1.807, 2.05) is 0 Å². The summed E-state index contributed by atoms with van der Waals surface area (Å²) in [5.74, 6) is -0.772. The first-order chi connectivity index (χ1) is 10.7. The second kappa shape index (κ2) is 6.78. The maximum Gasteiger partial charge on any atom is 0.418 e. The van der Waals surface area contributed by atoms with Gasteiger partial charge < -0.3 is 9.64 Å². The molecule has 7 heteroatoms. The summed E-state index contributed by atoms with van der Waals surface area (Å²) < 4.78 is 44.6. The van der Waals surface area contributed by atoms with Crippen LogP contribution in [0.4, 0.5) is 18.9 Å². The highest BCUT2D eigenvalue weighted by Crippen LogP contribution is 2.37.